The molecule has 0 radical (unpaired) electrons. The first-order chi connectivity index (χ1) is 17.3. The number of thiazole rings is 1. The van der Waals surface area contributed by atoms with Gasteiger partial charge in [0, 0.05) is 31.3 Å². The maximum absolute atomic E-state index is 14.7. The van der Waals surface area contributed by atoms with Crippen LogP contribution in [-0.2, 0) is 13.2 Å². The van der Waals surface area contributed by atoms with Gasteiger partial charge in [0.15, 0.2) is 11.6 Å². The lowest BCUT2D eigenvalue weighted by molar-refractivity contribution is -0.0658. The number of aromatic nitrogens is 1. The maximum Gasteiger partial charge on any atom is 0.265 e. The van der Waals surface area contributed by atoms with E-state index in [9.17, 15) is 27.8 Å². The molecule has 6 nitrogen and oxygen atoms in total. The Hall–Kier alpha value is -2.73. The summed E-state index contributed by atoms with van der Waals surface area (Å²) in [6, 6.07) is 11.1. The van der Waals surface area contributed by atoms with Crippen molar-refractivity contribution in [2.24, 2.45) is 0 Å². The number of methoxy groups -OCH3 is 1. The van der Waals surface area contributed by atoms with Gasteiger partial charge in [-0.15, -0.1) is 11.3 Å². The van der Waals surface area contributed by atoms with Gasteiger partial charge in [-0.2, -0.15) is 0 Å². The molecule has 4 rings (SSSR count). The highest BCUT2D eigenvalue weighted by Crippen LogP contribution is 2.39. The predicted molar refractivity (Wildman–Crippen MR) is 129 cm³/mol. The van der Waals surface area contributed by atoms with Crippen molar-refractivity contribution in [2.45, 2.75) is 44.1 Å². The van der Waals surface area contributed by atoms with Crippen molar-refractivity contribution in [1.29, 1.82) is 0 Å². The highest BCUT2D eigenvalue weighted by molar-refractivity contribution is 7.15. The van der Waals surface area contributed by atoms with Crippen LogP contribution in [0.5, 0.6) is 5.75 Å². The van der Waals surface area contributed by atoms with Crippen LogP contribution in [0.2, 0.25) is 0 Å². The van der Waals surface area contributed by atoms with Gasteiger partial charge in [0.1, 0.15) is 22.7 Å². The van der Waals surface area contributed by atoms with Crippen LogP contribution in [0.15, 0.2) is 42.5 Å². The molecule has 1 aliphatic rings. The van der Waals surface area contributed by atoms with Gasteiger partial charge in [-0.3, -0.25) is 0 Å². The molecule has 0 amide bonds. The van der Waals surface area contributed by atoms with Crippen LogP contribution in [0.4, 0.5) is 23.4 Å². The molecule has 3 aromatic rings. The normalized spacial score (nSPS) is 19.1. The molecule has 0 spiro atoms. The summed E-state index contributed by atoms with van der Waals surface area (Å²) in [5.41, 5.74) is -0.576. The Labute approximate surface area is 210 Å². The maximum atomic E-state index is 14.7. The van der Waals surface area contributed by atoms with Gasteiger partial charge in [-0.1, -0.05) is 30.3 Å². The molecule has 0 saturated carbocycles. The van der Waals surface area contributed by atoms with Gasteiger partial charge < -0.3 is 25.2 Å². The number of halogens is 4. The van der Waals surface area contributed by atoms with Crippen molar-refractivity contribution in [3.05, 3.63) is 64.5 Å². The number of anilines is 1. The van der Waals surface area contributed by atoms with Crippen LogP contribution in [0.1, 0.15) is 23.3 Å². The number of aliphatic hydroxyl groups is 2. The zero-order chi connectivity index (χ0) is 25.9. The first kappa shape index (κ1) is 26.3. The predicted octanol–water partition coefficient (Wildman–Crippen LogP) is 4.34. The van der Waals surface area contributed by atoms with Crippen molar-refractivity contribution in [1.82, 2.24) is 10.3 Å². The summed E-state index contributed by atoms with van der Waals surface area (Å²) in [7, 11) is 1.23. The van der Waals surface area contributed by atoms with E-state index in [1.165, 1.54) is 7.11 Å². The zero-order valence-electron chi connectivity index (χ0n) is 19.6. The van der Waals surface area contributed by atoms with E-state index in [2.05, 4.69) is 10.3 Å². The molecule has 1 aromatic heterocycles. The lowest BCUT2D eigenvalue weighted by Crippen LogP contribution is -2.65. The summed E-state index contributed by atoms with van der Waals surface area (Å²) in [6.45, 7) is 0.261. The largest absolute Gasteiger partial charge is 0.494 e. The number of rotatable bonds is 9. The van der Waals surface area contributed by atoms with Gasteiger partial charge in [-0.05, 0) is 24.5 Å². The lowest BCUT2D eigenvalue weighted by atomic mass is 9.83. The Kier molecular flexibility index (Phi) is 8.13. The quantitative estimate of drug-likeness (QED) is 0.361. The molecular formula is C25H27F4N3O3S. The summed E-state index contributed by atoms with van der Waals surface area (Å²) in [4.78, 5) is 6.55. The van der Waals surface area contributed by atoms with Crippen molar-refractivity contribution in [3.63, 3.8) is 0 Å². The standard InChI is InChI=1S/C25H27F4N3O3S/c1-35-19-11-17(26)16(10-18(19)27)24-31-23(20(13-33)36-24)32-9-5-8-25(14-32,21(34)22(28)29)30-12-15-6-3-2-4-7-15/h2-4,6-7,10-11,21-22,30,33-34H,5,8-9,12-14H2,1H3. The van der Waals surface area contributed by atoms with E-state index in [4.69, 9.17) is 4.74 Å². The van der Waals surface area contributed by atoms with E-state index in [1.807, 2.05) is 30.3 Å². The average molecular weight is 526 g/mol. The van der Waals surface area contributed by atoms with Crippen LogP contribution >= 0.6 is 11.3 Å². The molecule has 2 aromatic carbocycles. The second-order valence-corrected chi connectivity index (χ2v) is 9.77. The summed E-state index contributed by atoms with van der Waals surface area (Å²) in [5, 5.41) is 23.8. The fraction of sp³-hybridized carbons (Fsp3) is 0.400. The molecule has 1 fully saturated rings. The van der Waals surface area contributed by atoms with E-state index in [0.29, 0.717) is 30.1 Å². The molecule has 36 heavy (non-hydrogen) atoms. The SMILES string of the molecule is COc1cc(F)c(-c2nc(N3CCCC(NCc4ccccc4)(C(O)C(F)F)C3)c(CO)s2)cc1F. The molecule has 2 unspecified atom stereocenters. The van der Waals surface area contributed by atoms with Crippen LogP contribution in [-0.4, -0.2) is 53.5 Å². The number of hydrogen-bond donors (Lipinski definition) is 3. The summed E-state index contributed by atoms with van der Waals surface area (Å²) in [6.07, 6.45) is -4.17. The minimum atomic E-state index is -2.98. The highest BCUT2D eigenvalue weighted by atomic mass is 32.1. The summed E-state index contributed by atoms with van der Waals surface area (Å²) >= 11 is 0.986. The number of alkyl halides is 2. The first-order valence-electron chi connectivity index (χ1n) is 11.4. The van der Waals surface area contributed by atoms with Gasteiger partial charge >= 0.3 is 0 Å². The molecular weight excluding hydrogens is 498 g/mol. The van der Waals surface area contributed by atoms with Gasteiger partial charge in [-0.25, -0.2) is 22.5 Å². The Bertz CT molecular complexity index is 1180. The van der Waals surface area contributed by atoms with Crippen molar-refractivity contribution >= 4 is 17.2 Å². The second-order valence-electron chi connectivity index (χ2n) is 8.69. The van der Waals surface area contributed by atoms with E-state index in [-0.39, 0.29) is 29.4 Å². The van der Waals surface area contributed by atoms with Crippen LogP contribution in [0, 0.1) is 11.6 Å². The number of ether oxygens (including phenoxy) is 1. The van der Waals surface area contributed by atoms with Crippen molar-refractivity contribution in [2.75, 3.05) is 25.1 Å². The van der Waals surface area contributed by atoms with E-state index in [0.717, 1.165) is 29.0 Å². The van der Waals surface area contributed by atoms with Crippen LogP contribution in [0.3, 0.4) is 0 Å². The second kappa shape index (κ2) is 11.1. The Morgan fingerprint density at radius 1 is 1.19 bits per heavy atom. The van der Waals surface area contributed by atoms with E-state index < -0.39 is 36.3 Å². The number of hydrogen-bond acceptors (Lipinski definition) is 7. The highest BCUT2D eigenvalue weighted by Gasteiger charge is 2.46. The molecule has 2 atom stereocenters. The van der Waals surface area contributed by atoms with Crippen molar-refractivity contribution in [3.8, 4) is 16.3 Å². The molecule has 194 valence electrons. The monoisotopic (exact) mass is 525 g/mol. The Morgan fingerprint density at radius 2 is 1.94 bits per heavy atom. The van der Waals surface area contributed by atoms with Crippen LogP contribution in [0.25, 0.3) is 10.6 Å². The Balaban J connectivity index is 1.66. The minimum Gasteiger partial charge on any atom is -0.494 e. The summed E-state index contributed by atoms with van der Waals surface area (Å²) in [5.74, 6) is -1.47. The summed E-state index contributed by atoms with van der Waals surface area (Å²) < 4.78 is 61.3. The number of nitrogens with one attached hydrogen (secondary N) is 1. The molecule has 2 heterocycles. The van der Waals surface area contributed by atoms with Crippen molar-refractivity contribution < 1.29 is 32.5 Å². The lowest BCUT2D eigenvalue weighted by Gasteiger charge is -2.46. The third kappa shape index (κ3) is 5.34. The van der Waals surface area contributed by atoms with Gasteiger partial charge in [0.2, 0.25) is 0 Å². The third-order valence-corrected chi connectivity index (χ3v) is 7.47. The fourth-order valence-corrected chi connectivity index (χ4v) is 5.49. The molecule has 0 aliphatic carbocycles. The fourth-order valence-electron chi connectivity index (χ4n) is 4.53. The zero-order valence-corrected chi connectivity index (χ0v) is 20.4. The number of aliphatic hydroxyl groups excluding tert-OH is 2. The number of benzene rings is 2. The molecule has 11 heteroatoms. The topological polar surface area (TPSA) is 77.9 Å². The van der Waals surface area contributed by atoms with E-state index >= 15 is 0 Å². The smallest absolute Gasteiger partial charge is 0.265 e. The van der Waals surface area contributed by atoms with Crippen LogP contribution < -0.4 is 15.0 Å². The first-order valence-corrected chi connectivity index (χ1v) is 12.2. The molecule has 0 bridgehead atoms. The number of nitrogens with zero attached hydrogens (tertiary/aromatic N) is 2. The average Bonchev–Trinajstić information content (AvgIpc) is 3.33. The van der Waals surface area contributed by atoms with Gasteiger partial charge in [0.25, 0.3) is 6.43 Å². The third-order valence-electron chi connectivity index (χ3n) is 6.41. The molecule has 1 saturated heterocycles. The molecule has 1 aliphatic heterocycles. The number of piperidine rings is 1. The van der Waals surface area contributed by atoms with E-state index in [1.54, 1.807) is 4.90 Å². The minimum absolute atomic E-state index is 0.0129. The molecule has 3 N–H and O–H groups in total. The van der Waals surface area contributed by atoms with Gasteiger partial charge in [0.05, 0.1) is 24.1 Å². The Morgan fingerprint density at radius 3 is 2.61 bits per heavy atom.